The molecule has 0 radical (unpaired) electrons. The highest BCUT2D eigenvalue weighted by atomic mass is 19.3. The molecule has 3 heterocycles. The zero-order chi connectivity index (χ0) is 23.3. The third-order valence-electron chi connectivity index (χ3n) is 4.74. The van der Waals surface area contributed by atoms with Crippen LogP contribution in [0.2, 0.25) is 0 Å². The summed E-state index contributed by atoms with van der Waals surface area (Å²) in [7, 11) is 0. The van der Waals surface area contributed by atoms with Crippen LogP contribution in [0.15, 0.2) is 18.5 Å². The van der Waals surface area contributed by atoms with Gasteiger partial charge in [-0.15, -0.1) is 5.10 Å². The Labute approximate surface area is 184 Å². The Morgan fingerprint density at radius 3 is 2.72 bits per heavy atom. The van der Waals surface area contributed by atoms with Gasteiger partial charge in [-0.05, 0) is 33.1 Å². The highest BCUT2D eigenvalue weighted by molar-refractivity contribution is 5.68. The minimum absolute atomic E-state index is 0.162. The predicted molar refractivity (Wildman–Crippen MR) is 111 cm³/mol. The van der Waals surface area contributed by atoms with Crippen molar-refractivity contribution < 1.29 is 27.8 Å². The number of anilines is 2. The second kappa shape index (κ2) is 9.96. The van der Waals surface area contributed by atoms with Crippen LogP contribution in [0.4, 0.5) is 25.2 Å². The molecule has 176 valence electrons. The lowest BCUT2D eigenvalue weighted by atomic mass is 10.00. The zero-order valence-electron chi connectivity index (χ0n) is 18.5. The van der Waals surface area contributed by atoms with E-state index in [4.69, 9.17) is 9.47 Å². The van der Waals surface area contributed by atoms with E-state index in [1.165, 1.54) is 18.5 Å². The van der Waals surface area contributed by atoms with E-state index in [0.29, 0.717) is 37.0 Å². The van der Waals surface area contributed by atoms with E-state index >= 15 is 0 Å². The minimum Gasteiger partial charge on any atom is -0.473 e. The smallest absolute Gasteiger partial charge is 0.410 e. The van der Waals surface area contributed by atoms with Crippen molar-refractivity contribution in [2.75, 3.05) is 18.4 Å². The molecule has 0 spiro atoms. The molecule has 0 saturated carbocycles. The SMILES string of the molecule is CC1CCN(C(=O)OC(C)(C)C)CCC1Oc1cncc(Nc2cc(OC(F)F)n[nH]2)n1. The van der Waals surface area contributed by atoms with Crippen LogP contribution in [0.3, 0.4) is 0 Å². The van der Waals surface area contributed by atoms with Gasteiger partial charge in [-0.2, -0.15) is 13.8 Å². The van der Waals surface area contributed by atoms with Crippen molar-refractivity contribution in [1.82, 2.24) is 25.1 Å². The summed E-state index contributed by atoms with van der Waals surface area (Å²) in [6.45, 7) is 5.72. The maximum absolute atomic E-state index is 12.4. The molecule has 3 rings (SSSR count). The van der Waals surface area contributed by atoms with Crippen LogP contribution >= 0.6 is 0 Å². The molecule has 10 nitrogen and oxygen atoms in total. The van der Waals surface area contributed by atoms with Gasteiger partial charge in [0, 0.05) is 25.6 Å². The van der Waals surface area contributed by atoms with Crippen LogP contribution in [0.1, 0.15) is 40.5 Å². The van der Waals surface area contributed by atoms with Gasteiger partial charge in [-0.1, -0.05) is 6.92 Å². The van der Waals surface area contributed by atoms with Gasteiger partial charge in [0.05, 0.1) is 12.4 Å². The Morgan fingerprint density at radius 2 is 2.00 bits per heavy atom. The third-order valence-corrected chi connectivity index (χ3v) is 4.74. The number of likely N-dealkylation sites (tertiary alicyclic amines) is 1. The number of amides is 1. The van der Waals surface area contributed by atoms with E-state index in [-0.39, 0.29) is 24.0 Å². The number of nitrogens with zero attached hydrogens (tertiary/aromatic N) is 4. The van der Waals surface area contributed by atoms with Crippen LogP contribution in [0.5, 0.6) is 11.8 Å². The number of ether oxygens (including phenoxy) is 3. The molecular formula is C20H28F2N6O4. The molecule has 0 aromatic carbocycles. The molecule has 1 fully saturated rings. The largest absolute Gasteiger partial charge is 0.473 e. The number of alkyl halides is 2. The number of carbonyl (C=O) groups excluding carboxylic acids is 1. The Balaban J connectivity index is 1.59. The lowest BCUT2D eigenvalue weighted by Crippen LogP contribution is -2.37. The van der Waals surface area contributed by atoms with E-state index in [1.807, 2.05) is 20.8 Å². The number of H-pyrrole nitrogens is 1. The molecule has 1 saturated heterocycles. The first-order valence-corrected chi connectivity index (χ1v) is 10.3. The minimum atomic E-state index is -2.96. The number of halogens is 2. The van der Waals surface area contributed by atoms with Crippen molar-refractivity contribution >= 4 is 17.7 Å². The first kappa shape index (κ1) is 23.5. The third kappa shape index (κ3) is 6.92. The summed E-state index contributed by atoms with van der Waals surface area (Å²) in [4.78, 5) is 22.6. The number of aromatic amines is 1. The topological polar surface area (TPSA) is 114 Å². The fourth-order valence-electron chi connectivity index (χ4n) is 3.19. The highest BCUT2D eigenvalue weighted by Gasteiger charge is 2.29. The normalized spacial score (nSPS) is 19.4. The second-order valence-corrected chi connectivity index (χ2v) is 8.54. The molecule has 2 aromatic heterocycles. The fourth-order valence-corrected chi connectivity index (χ4v) is 3.19. The van der Waals surface area contributed by atoms with Crippen LogP contribution in [-0.2, 0) is 4.74 Å². The molecule has 2 aromatic rings. The molecule has 1 aliphatic rings. The molecule has 0 aliphatic carbocycles. The molecule has 12 heteroatoms. The molecule has 2 N–H and O–H groups in total. The molecule has 32 heavy (non-hydrogen) atoms. The van der Waals surface area contributed by atoms with Crippen molar-refractivity contribution in [3.8, 4) is 11.8 Å². The molecular weight excluding hydrogens is 426 g/mol. The summed E-state index contributed by atoms with van der Waals surface area (Å²) in [5, 5.41) is 9.03. The number of rotatable bonds is 6. The lowest BCUT2D eigenvalue weighted by molar-refractivity contribution is -0.0528. The standard InChI is InChI=1S/C20H28F2N6O4/c1-12-5-7-28(19(29)32-20(2,3)4)8-6-13(12)30-17-11-23-10-15(25-17)24-14-9-16(27-26-14)31-18(21)22/h9-13,18H,5-8H2,1-4H3,(H2,24,25,26,27). The van der Waals surface area contributed by atoms with Gasteiger partial charge in [0.1, 0.15) is 17.5 Å². The predicted octanol–water partition coefficient (Wildman–Crippen LogP) is 3.96. The van der Waals surface area contributed by atoms with Crippen molar-refractivity contribution in [2.45, 2.75) is 58.9 Å². The highest BCUT2D eigenvalue weighted by Crippen LogP contribution is 2.25. The molecule has 0 bridgehead atoms. The summed E-state index contributed by atoms with van der Waals surface area (Å²) in [5.41, 5.74) is -0.547. The van der Waals surface area contributed by atoms with E-state index in [1.54, 1.807) is 4.90 Å². The lowest BCUT2D eigenvalue weighted by Gasteiger charge is -2.26. The number of carbonyl (C=O) groups is 1. The Kier molecular flexibility index (Phi) is 7.31. The monoisotopic (exact) mass is 454 g/mol. The number of aromatic nitrogens is 4. The van der Waals surface area contributed by atoms with Crippen molar-refractivity contribution in [3.63, 3.8) is 0 Å². The average Bonchev–Trinajstić information content (AvgIpc) is 3.02. The van der Waals surface area contributed by atoms with Crippen LogP contribution in [-0.4, -0.2) is 62.6 Å². The quantitative estimate of drug-likeness (QED) is 0.674. The molecule has 1 aliphatic heterocycles. The summed E-state index contributed by atoms with van der Waals surface area (Å²) < 4.78 is 40.3. The Bertz CT molecular complexity index is 904. The van der Waals surface area contributed by atoms with Gasteiger partial charge in [-0.25, -0.2) is 4.79 Å². The average molecular weight is 454 g/mol. The first-order valence-electron chi connectivity index (χ1n) is 10.3. The van der Waals surface area contributed by atoms with Gasteiger partial charge in [0.2, 0.25) is 11.8 Å². The molecule has 2 unspecified atom stereocenters. The van der Waals surface area contributed by atoms with Gasteiger partial charge in [0.15, 0.2) is 5.82 Å². The zero-order valence-corrected chi connectivity index (χ0v) is 18.5. The number of hydrogen-bond donors (Lipinski definition) is 2. The summed E-state index contributed by atoms with van der Waals surface area (Å²) in [6.07, 6.45) is 3.84. The van der Waals surface area contributed by atoms with Crippen molar-refractivity contribution in [3.05, 3.63) is 18.5 Å². The number of nitrogens with one attached hydrogen (secondary N) is 2. The molecule has 2 atom stereocenters. The summed E-state index contributed by atoms with van der Waals surface area (Å²) in [6, 6.07) is 1.28. The Hall–Kier alpha value is -3.18. The van der Waals surface area contributed by atoms with Crippen LogP contribution in [0.25, 0.3) is 0 Å². The van der Waals surface area contributed by atoms with E-state index in [9.17, 15) is 13.6 Å². The Morgan fingerprint density at radius 1 is 1.25 bits per heavy atom. The van der Waals surface area contributed by atoms with Crippen LogP contribution in [0, 0.1) is 5.92 Å². The van der Waals surface area contributed by atoms with Gasteiger partial charge >= 0.3 is 12.7 Å². The van der Waals surface area contributed by atoms with Crippen LogP contribution < -0.4 is 14.8 Å². The second-order valence-electron chi connectivity index (χ2n) is 8.54. The van der Waals surface area contributed by atoms with Gasteiger partial charge in [0.25, 0.3) is 0 Å². The van der Waals surface area contributed by atoms with E-state index < -0.39 is 12.2 Å². The van der Waals surface area contributed by atoms with E-state index in [0.717, 1.165) is 6.42 Å². The maximum Gasteiger partial charge on any atom is 0.410 e. The summed E-state index contributed by atoms with van der Waals surface area (Å²) in [5.74, 6) is 0.891. The first-order chi connectivity index (χ1) is 15.1. The van der Waals surface area contributed by atoms with Crippen molar-refractivity contribution in [2.24, 2.45) is 5.92 Å². The fraction of sp³-hybridized carbons (Fsp3) is 0.600. The van der Waals surface area contributed by atoms with Gasteiger partial charge < -0.3 is 24.4 Å². The number of hydrogen-bond acceptors (Lipinski definition) is 8. The van der Waals surface area contributed by atoms with E-state index in [2.05, 4.69) is 37.1 Å². The van der Waals surface area contributed by atoms with Crippen molar-refractivity contribution in [1.29, 1.82) is 0 Å². The summed E-state index contributed by atoms with van der Waals surface area (Å²) >= 11 is 0. The van der Waals surface area contributed by atoms with Gasteiger partial charge in [-0.3, -0.25) is 10.1 Å². The maximum atomic E-state index is 12.4. The molecule has 1 amide bonds.